The third-order valence-electron chi connectivity index (χ3n) is 3.64. The van der Waals surface area contributed by atoms with Gasteiger partial charge in [-0.25, -0.2) is 9.37 Å². The number of carbonyl (C=O) groups excluding carboxylic acids is 1. The summed E-state index contributed by atoms with van der Waals surface area (Å²) in [5.74, 6) is 0.0537. The Balaban J connectivity index is 1.61. The highest BCUT2D eigenvalue weighted by Gasteiger charge is 2.28. The molecule has 6 nitrogen and oxygen atoms in total. The number of hydrogen-bond donors (Lipinski definition) is 0. The van der Waals surface area contributed by atoms with Gasteiger partial charge >= 0.3 is 0 Å². The van der Waals surface area contributed by atoms with Crippen molar-refractivity contribution in [3.63, 3.8) is 0 Å². The number of halogens is 1. The predicted octanol–water partition coefficient (Wildman–Crippen LogP) is 2.64. The lowest BCUT2D eigenvalue weighted by molar-refractivity contribution is -0.0587. The molecule has 1 fully saturated rings. The zero-order valence-corrected chi connectivity index (χ0v) is 13.6. The molecule has 1 saturated heterocycles. The van der Waals surface area contributed by atoms with E-state index >= 15 is 0 Å². The maximum absolute atomic E-state index is 13.1. The quantitative estimate of drug-likeness (QED) is 0.860. The van der Waals surface area contributed by atoms with Gasteiger partial charge in [0, 0.05) is 19.2 Å². The number of aromatic nitrogens is 1. The van der Waals surface area contributed by atoms with Crippen LogP contribution in [0.4, 0.5) is 4.39 Å². The second kappa shape index (κ2) is 7.00. The Kier molecular flexibility index (Phi) is 4.80. The van der Waals surface area contributed by atoms with Crippen molar-refractivity contribution >= 4 is 5.91 Å². The predicted molar refractivity (Wildman–Crippen MR) is 83.1 cm³/mol. The van der Waals surface area contributed by atoms with Crippen molar-refractivity contribution in [2.75, 3.05) is 13.1 Å². The second-order valence-corrected chi connectivity index (χ2v) is 5.84. The Morgan fingerprint density at radius 3 is 2.83 bits per heavy atom. The summed E-state index contributed by atoms with van der Waals surface area (Å²) < 4.78 is 29.4. The normalized spacial score (nSPS) is 20.9. The number of oxazole rings is 1. The minimum Gasteiger partial charge on any atom is -0.484 e. The van der Waals surface area contributed by atoms with Crippen LogP contribution in [0.25, 0.3) is 0 Å². The monoisotopic (exact) mass is 334 g/mol. The molecule has 0 saturated carbocycles. The third kappa shape index (κ3) is 3.91. The molecular weight excluding hydrogens is 315 g/mol. The van der Waals surface area contributed by atoms with Crippen molar-refractivity contribution in [2.24, 2.45) is 0 Å². The molecule has 24 heavy (non-hydrogen) atoms. The van der Waals surface area contributed by atoms with E-state index in [4.69, 9.17) is 13.9 Å². The maximum Gasteiger partial charge on any atom is 0.275 e. The lowest BCUT2D eigenvalue weighted by atomic mass is 10.2. The summed E-state index contributed by atoms with van der Waals surface area (Å²) in [5, 5.41) is 0. The van der Waals surface area contributed by atoms with E-state index < -0.39 is 0 Å². The molecule has 0 spiro atoms. The van der Waals surface area contributed by atoms with E-state index in [-0.39, 0.29) is 42.1 Å². The first-order chi connectivity index (χ1) is 11.5. The summed E-state index contributed by atoms with van der Waals surface area (Å²) in [5.41, 5.74) is 0.231. The summed E-state index contributed by atoms with van der Waals surface area (Å²) in [6.45, 7) is 4.91. The van der Waals surface area contributed by atoms with Gasteiger partial charge in [-0.15, -0.1) is 0 Å². The highest BCUT2D eigenvalue weighted by molar-refractivity contribution is 5.92. The van der Waals surface area contributed by atoms with E-state index in [0.29, 0.717) is 18.8 Å². The molecule has 0 aliphatic carbocycles. The number of carbonyl (C=O) groups is 1. The van der Waals surface area contributed by atoms with Gasteiger partial charge in [0.1, 0.15) is 17.8 Å². The Morgan fingerprint density at radius 1 is 1.38 bits per heavy atom. The smallest absolute Gasteiger partial charge is 0.275 e. The molecule has 0 bridgehead atoms. The highest BCUT2D eigenvalue weighted by atomic mass is 19.1. The van der Waals surface area contributed by atoms with Crippen LogP contribution in [0, 0.1) is 5.82 Å². The molecule has 1 amide bonds. The van der Waals surface area contributed by atoms with Crippen molar-refractivity contribution in [3.8, 4) is 5.75 Å². The van der Waals surface area contributed by atoms with Gasteiger partial charge in [0.25, 0.3) is 5.91 Å². The molecular formula is C17H19FN2O4. The molecule has 0 N–H and O–H groups in total. The molecule has 2 unspecified atom stereocenters. The molecule has 1 aliphatic rings. The van der Waals surface area contributed by atoms with Crippen LogP contribution < -0.4 is 4.74 Å². The van der Waals surface area contributed by atoms with Gasteiger partial charge in [0.2, 0.25) is 5.89 Å². The van der Waals surface area contributed by atoms with Crippen LogP contribution in [0.1, 0.15) is 30.2 Å². The number of rotatable bonds is 4. The highest BCUT2D eigenvalue weighted by Crippen LogP contribution is 2.16. The Bertz CT molecular complexity index is 708. The lowest BCUT2D eigenvalue weighted by Crippen LogP contribution is -2.48. The molecule has 2 atom stereocenters. The molecule has 128 valence electrons. The molecule has 1 aliphatic heterocycles. The van der Waals surface area contributed by atoms with Gasteiger partial charge in [-0.2, -0.15) is 0 Å². The van der Waals surface area contributed by atoms with Crippen molar-refractivity contribution in [1.29, 1.82) is 0 Å². The van der Waals surface area contributed by atoms with Crippen LogP contribution in [0.5, 0.6) is 5.75 Å². The van der Waals surface area contributed by atoms with Crippen LogP contribution in [0.3, 0.4) is 0 Å². The Morgan fingerprint density at radius 2 is 2.12 bits per heavy atom. The summed E-state index contributed by atoms with van der Waals surface area (Å²) in [6, 6.07) is 5.79. The number of hydrogen-bond acceptors (Lipinski definition) is 5. The molecule has 1 aromatic carbocycles. The molecule has 0 radical (unpaired) electrons. The Labute approximate surface area is 139 Å². The number of morpholine rings is 1. The van der Waals surface area contributed by atoms with Crippen LogP contribution in [-0.2, 0) is 11.3 Å². The number of amides is 1. The number of nitrogens with zero attached hydrogens (tertiary/aromatic N) is 2. The minimum absolute atomic E-state index is 0.0135. The van der Waals surface area contributed by atoms with E-state index in [9.17, 15) is 9.18 Å². The van der Waals surface area contributed by atoms with Crippen LogP contribution >= 0.6 is 0 Å². The maximum atomic E-state index is 13.1. The number of benzene rings is 1. The largest absolute Gasteiger partial charge is 0.484 e. The third-order valence-corrected chi connectivity index (χ3v) is 3.64. The zero-order valence-electron chi connectivity index (χ0n) is 13.6. The molecule has 2 heterocycles. The Hall–Kier alpha value is -2.41. The van der Waals surface area contributed by atoms with Gasteiger partial charge in [-0.3, -0.25) is 4.79 Å². The summed E-state index contributed by atoms with van der Waals surface area (Å²) in [4.78, 5) is 18.3. The van der Waals surface area contributed by atoms with Crippen molar-refractivity contribution in [3.05, 3.63) is 47.9 Å². The standard InChI is InChI=1S/C17H19FN2O4/c1-11-7-20(8-12(2)24-11)17(21)15-9-23-16(19-15)10-22-14-5-3-4-13(18)6-14/h3-6,9,11-12H,7-8,10H2,1-2H3. The van der Waals surface area contributed by atoms with E-state index in [1.807, 2.05) is 13.8 Å². The first kappa shape index (κ1) is 16.4. The molecule has 3 rings (SSSR count). The first-order valence-electron chi connectivity index (χ1n) is 7.79. The average molecular weight is 334 g/mol. The lowest BCUT2D eigenvalue weighted by Gasteiger charge is -2.34. The fourth-order valence-corrected chi connectivity index (χ4v) is 2.68. The molecule has 2 aromatic rings. The fourth-order valence-electron chi connectivity index (χ4n) is 2.68. The SMILES string of the molecule is CC1CN(C(=O)c2coc(COc3cccc(F)c3)n2)CC(C)O1. The summed E-state index contributed by atoms with van der Waals surface area (Å²) in [7, 11) is 0. The van der Waals surface area contributed by atoms with Crippen molar-refractivity contribution in [1.82, 2.24) is 9.88 Å². The van der Waals surface area contributed by atoms with E-state index in [1.165, 1.54) is 18.4 Å². The van der Waals surface area contributed by atoms with Gasteiger partial charge in [0.05, 0.1) is 12.2 Å². The summed E-state index contributed by atoms with van der Waals surface area (Å²) >= 11 is 0. The van der Waals surface area contributed by atoms with Crippen LogP contribution in [0.15, 0.2) is 34.9 Å². The van der Waals surface area contributed by atoms with Crippen molar-refractivity contribution < 1.29 is 23.1 Å². The number of ether oxygens (including phenoxy) is 2. The fraction of sp³-hybridized carbons (Fsp3) is 0.412. The van der Waals surface area contributed by atoms with E-state index in [2.05, 4.69) is 4.98 Å². The zero-order chi connectivity index (χ0) is 17.1. The second-order valence-electron chi connectivity index (χ2n) is 5.84. The van der Waals surface area contributed by atoms with Gasteiger partial charge in [-0.1, -0.05) is 6.07 Å². The van der Waals surface area contributed by atoms with E-state index in [1.54, 1.807) is 17.0 Å². The van der Waals surface area contributed by atoms with Crippen molar-refractivity contribution in [2.45, 2.75) is 32.7 Å². The summed E-state index contributed by atoms with van der Waals surface area (Å²) in [6.07, 6.45) is 1.29. The van der Waals surface area contributed by atoms with Gasteiger partial charge < -0.3 is 18.8 Å². The van der Waals surface area contributed by atoms with E-state index in [0.717, 1.165) is 0 Å². The van der Waals surface area contributed by atoms with Crippen LogP contribution in [-0.4, -0.2) is 41.1 Å². The minimum atomic E-state index is -0.383. The molecule has 1 aromatic heterocycles. The topological polar surface area (TPSA) is 64.8 Å². The van der Waals surface area contributed by atoms with Gasteiger partial charge in [0.15, 0.2) is 12.3 Å². The van der Waals surface area contributed by atoms with Gasteiger partial charge in [-0.05, 0) is 26.0 Å². The first-order valence-corrected chi connectivity index (χ1v) is 7.79. The van der Waals surface area contributed by atoms with Crippen LogP contribution in [0.2, 0.25) is 0 Å². The average Bonchev–Trinajstić information content (AvgIpc) is 3.00. The molecule has 7 heteroatoms.